The number of urea groups is 1. The molecule has 0 aliphatic heterocycles. The summed E-state index contributed by atoms with van der Waals surface area (Å²) in [6, 6.07) is 6.75. The molecule has 0 atom stereocenters. The Balaban J connectivity index is 2.54. The van der Waals surface area contributed by atoms with Crippen molar-refractivity contribution in [2.24, 2.45) is 0 Å². The van der Waals surface area contributed by atoms with Crippen LogP contribution in [0, 0.1) is 0 Å². The highest BCUT2D eigenvalue weighted by molar-refractivity contribution is 5.89. The summed E-state index contributed by atoms with van der Waals surface area (Å²) in [6.07, 6.45) is 0.831. The second kappa shape index (κ2) is 8.04. The zero-order valence-electron chi connectivity index (χ0n) is 11.8. The minimum atomic E-state index is -0.931. The lowest BCUT2D eigenvalue weighted by Gasteiger charge is -2.17. The van der Waals surface area contributed by atoms with E-state index in [1.165, 1.54) is 4.90 Å². The second-order valence-corrected chi connectivity index (χ2v) is 4.37. The minimum absolute atomic E-state index is 0.0798. The summed E-state index contributed by atoms with van der Waals surface area (Å²) < 4.78 is 5.47. The third-order valence-electron chi connectivity index (χ3n) is 2.57. The van der Waals surface area contributed by atoms with Crippen LogP contribution in [0.5, 0.6) is 5.75 Å². The van der Waals surface area contributed by atoms with E-state index in [4.69, 9.17) is 9.84 Å². The minimum Gasteiger partial charge on any atom is -0.494 e. The van der Waals surface area contributed by atoms with Gasteiger partial charge in [-0.2, -0.15) is 0 Å². The zero-order valence-corrected chi connectivity index (χ0v) is 11.8. The first-order valence-electron chi connectivity index (χ1n) is 6.49. The van der Waals surface area contributed by atoms with Gasteiger partial charge in [-0.05, 0) is 18.6 Å². The van der Waals surface area contributed by atoms with Gasteiger partial charge >= 0.3 is 12.0 Å². The van der Waals surface area contributed by atoms with Crippen LogP contribution < -0.4 is 10.1 Å². The number of rotatable bonds is 7. The molecule has 0 heterocycles. The van der Waals surface area contributed by atoms with E-state index in [0.29, 0.717) is 18.0 Å². The number of carboxylic acid groups (broad SMARTS) is 1. The van der Waals surface area contributed by atoms with Gasteiger partial charge < -0.3 is 20.1 Å². The van der Waals surface area contributed by atoms with Crippen LogP contribution >= 0.6 is 0 Å². The topological polar surface area (TPSA) is 78.9 Å². The van der Waals surface area contributed by atoms with Crippen molar-refractivity contribution in [1.82, 2.24) is 4.90 Å². The van der Waals surface area contributed by atoms with Crippen LogP contribution in [0.15, 0.2) is 24.3 Å². The van der Waals surface area contributed by atoms with Gasteiger partial charge in [0.2, 0.25) is 0 Å². The molecule has 110 valence electrons. The van der Waals surface area contributed by atoms with Crippen LogP contribution in [0.2, 0.25) is 0 Å². The van der Waals surface area contributed by atoms with Crippen molar-refractivity contribution in [1.29, 1.82) is 0 Å². The number of aliphatic carboxylic acids is 1. The van der Waals surface area contributed by atoms with Crippen LogP contribution in [-0.4, -0.2) is 42.2 Å². The molecule has 1 rings (SSSR count). The molecule has 1 aromatic rings. The Bertz CT molecular complexity index is 462. The van der Waals surface area contributed by atoms with Gasteiger partial charge in [0, 0.05) is 25.3 Å². The number of nitrogens with zero attached hydrogens (tertiary/aromatic N) is 1. The van der Waals surface area contributed by atoms with Gasteiger partial charge in [-0.3, -0.25) is 4.79 Å². The van der Waals surface area contributed by atoms with Gasteiger partial charge in [0.15, 0.2) is 0 Å². The molecule has 6 nitrogen and oxygen atoms in total. The summed E-state index contributed by atoms with van der Waals surface area (Å²) in [5, 5.41) is 11.3. The smallest absolute Gasteiger partial charge is 0.321 e. The Morgan fingerprint density at radius 2 is 2.15 bits per heavy atom. The maximum Gasteiger partial charge on any atom is 0.321 e. The number of hydrogen-bond donors (Lipinski definition) is 2. The van der Waals surface area contributed by atoms with Crippen LogP contribution in [-0.2, 0) is 4.79 Å². The van der Waals surface area contributed by atoms with E-state index in [1.807, 2.05) is 13.0 Å². The third kappa shape index (κ3) is 5.60. The molecule has 0 unspecified atom stereocenters. The van der Waals surface area contributed by atoms with Crippen molar-refractivity contribution in [2.45, 2.75) is 19.8 Å². The van der Waals surface area contributed by atoms with E-state index in [2.05, 4.69) is 5.32 Å². The fraction of sp³-hybridized carbons (Fsp3) is 0.429. The van der Waals surface area contributed by atoms with E-state index in [9.17, 15) is 9.59 Å². The predicted molar refractivity (Wildman–Crippen MR) is 76.1 cm³/mol. The molecule has 6 heteroatoms. The Morgan fingerprint density at radius 1 is 1.40 bits per heavy atom. The molecule has 0 saturated carbocycles. The molecule has 0 spiro atoms. The lowest BCUT2D eigenvalue weighted by atomic mass is 10.3. The molecule has 0 aliphatic rings. The van der Waals surface area contributed by atoms with Gasteiger partial charge in [-0.1, -0.05) is 13.0 Å². The quantitative estimate of drug-likeness (QED) is 0.804. The molecule has 1 aromatic carbocycles. The Morgan fingerprint density at radius 3 is 2.80 bits per heavy atom. The van der Waals surface area contributed by atoms with Gasteiger partial charge in [0.05, 0.1) is 13.0 Å². The molecule has 0 aliphatic carbocycles. The fourth-order valence-corrected chi connectivity index (χ4v) is 1.47. The zero-order chi connectivity index (χ0) is 15.0. The first kappa shape index (κ1) is 15.8. The van der Waals surface area contributed by atoms with Crippen molar-refractivity contribution >= 4 is 17.7 Å². The molecule has 0 radical (unpaired) electrons. The highest BCUT2D eigenvalue weighted by Gasteiger charge is 2.10. The molecule has 0 aromatic heterocycles. The molecular formula is C14H20N2O4. The Labute approximate surface area is 118 Å². The number of nitrogens with one attached hydrogen (secondary N) is 1. The van der Waals surface area contributed by atoms with Crippen molar-refractivity contribution < 1.29 is 19.4 Å². The van der Waals surface area contributed by atoms with Gasteiger partial charge in [-0.25, -0.2) is 4.79 Å². The summed E-state index contributed by atoms with van der Waals surface area (Å²) in [5.74, 6) is -0.238. The summed E-state index contributed by atoms with van der Waals surface area (Å²) >= 11 is 0. The Hall–Kier alpha value is -2.24. The summed E-state index contributed by atoms with van der Waals surface area (Å²) in [4.78, 5) is 23.6. The molecule has 0 saturated heterocycles. The average Bonchev–Trinajstić information content (AvgIpc) is 2.42. The molecule has 20 heavy (non-hydrogen) atoms. The third-order valence-corrected chi connectivity index (χ3v) is 2.57. The van der Waals surface area contributed by atoms with Crippen molar-refractivity contribution in [2.75, 3.05) is 25.5 Å². The van der Waals surface area contributed by atoms with E-state index >= 15 is 0 Å². The maximum atomic E-state index is 11.8. The molecular weight excluding hydrogens is 260 g/mol. The lowest BCUT2D eigenvalue weighted by molar-refractivity contribution is -0.137. The Kier molecular flexibility index (Phi) is 6.36. The number of benzene rings is 1. The fourth-order valence-electron chi connectivity index (χ4n) is 1.47. The number of carbonyl (C=O) groups is 2. The standard InChI is InChI=1S/C14H20N2O4/c1-3-9-20-12-6-4-5-11(10-12)15-14(19)16(2)8-7-13(17)18/h4-6,10H,3,7-9H2,1-2H3,(H,15,19)(H,17,18). The molecule has 2 amide bonds. The van der Waals surface area contributed by atoms with Gasteiger partial charge in [0.1, 0.15) is 5.75 Å². The first-order chi connectivity index (χ1) is 9.52. The number of carboxylic acids is 1. The number of amides is 2. The molecule has 2 N–H and O–H groups in total. The van der Waals surface area contributed by atoms with Crippen molar-refractivity contribution in [3.8, 4) is 5.75 Å². The van der Waals surface area contributed by atoms with Crippen molar-refractivity contribution in [3.05, 3.63) is 24.3 Å². The van der Waals surface area contributed by atoms with Crippen LogP contribution in [0.3, 0.4) is 0 Å². The molecule has 0 bridgehead atoms. The van der Waals surface area contributed by atoms with Crippen LogP contribution in [0.25, 0.3) is 0 Å². The van der Waals surface area contributed by atoms with E-state index in [1.54, 1.807) is 25.2 Å². The second-order valence-electron chi connectivity index (χ2n) is 4.37. The van der Waals surface area contributed by atoms with E-state index in [0.717, 1.165) is 6.42 Å². The molecule has 0 fully saturated rings. The maximum absolute atomic E-state index is 11.8. The summed E-state index contributed by atoms with van der Waals surface area (Å²) in [6.45, 7) is 2.80. The number of carbonyl (C=O) groups excluding carboxylic acids is 1. The summed E-state index contributed by atoms with van der Waals surface area (Å²) in [7, 11) is 1.55. The predicted octanol–water partition coefficient (Wildman–Crippen LogP) is 2.41. The largest absolute Gasteiger partial charge is 0.494 e. The SMILES string of the molecule is CCCOc1cccc(NC(=O)N(C)CCC(=O)O)c1. The van der Waals surface area contributed by atoms with Gasteiger partial charge in [0.25, 0.3) is 0 Å². The highest BCUT2D eigenvalue weighted by Crippen LogP contribution is 2.17. The lowest BCUT2D eigenvalue weighted by Crippen LogP contribution is -2.33. The monoisotopic (exact) mass is 280 g/mol. The highest BCUT2D eigenvalue weighted by atomic mass is 16.5. The van der Waals surface area contributed by atoms with Crippen LogP contribution in [0.4, 0.5) is 10.5 Å². The van der Waals surface area contributed by atoms with Crippen molar-refractivity contribution in [3.63, 3.8) is 0 Å². The first-order valence-corrected chi connectivity index (χ1v) is 6.49. The number of anilines is 1. The van der Waals surface area contributed by atoms with E-state index in [-0.39, 0.29) is 19.0 Å². The van der Waals surface area contributed by atoms with Crippen LogP contribution in [0.1, 0.15) is 19.8 Å². The summed E-state index contributed by atoms with van der Waals surface area (Å²) in [5.41, 5.74) is 0.616. The number of hydrogen-bond acceptors (Lipinski definition) is 3. The average molecular weight is 280 g/mol. The van der Waals surface area contributed by atoms with Gasteiger partial charge in [-0.15, -0.1) is 0 Å². The normalized spacial score (nSPS) is 9.90. The van der Waals surface area contributed by atoms with E-state index < -0.39 is 5.97 Å². The number of ether oxygens (including phenoxy) is 1.